The van der Waals surface area contributed by atoms with Gasteiger partial charge in [-0.3, -0.25) is 0 Å². The SMILES string of the molecule is CCCC(C)NCCOc1cccc(Cl)c1. The molecule has 0 aliphatic carbocycles. The lowest BCUT2D eigenvalue weighted by atomic mass is 10.2. The van der Waals surface area contributed by atoms with Gasteiger partial charge < -0.3 is 10.1 Å². The summed E-state index contributed by atoms with van der Waals surface area (Å²) in [5.74, 6) is 0.831. The highest BCUT2D eigenvalue weighted by molar-refractivity contribution is 6.30. The van der Waals surface area contributed by atoms with Crippen LogP contribution in [0.3, 0.4) is 0 Å². The Morgan fingerprint density at radius 2 is 2.25 bits per heavy atom. The molecule has 0 radical (unpaired) electrons. The number of hydrogen-bond acceptors (Lipinski definition) is 2. The number of ether oxygens (including phenoxy) is 1. The summed E-state index contributed by atoms with van der Waals surface area (Å²) in [5.41, 5.74) is 0. The van der Waals surface area contributed by atoms with Gasteiger partial charge in [0.25, 0.3) is 0 Å². The Bertz CT molecular complexity index is 304. The lowest BCUT2D eigenvalue weighted by Gasteiger charge is -2.13. The van der Waals surface area contributed by atoms with Crippen LogP contribution in [0, 0.1) is 0 Å². The van der Waals surface area contributed by atoms with Crippen LogP contribution in [0.4, 0.5) is 0 Å². The number of rotatable bonds is 7. The van der Waals surface area contributed by atoms with Crippen LogP contribution in [0.25, 0.3) is 0 Å². The summed E-state index contributed by atoms with van der Waals surface area (Å²) in [7, 11) is 0. The maximum absolute atomic E-state index is 5.85. The van der Waals surface area contributed by atoms with Crippen LogP contribution >= 0.6 is 11.6 Å². The predicted molar refractivity (Wildman–Crippen MR) is 69.3 cm³/mol. The molecule has 0 aliphatic rings. The molecular formula is C13H20ClNO. The maximum Gasteiger partial charge on any atom is 0.120 e. The Morgan fingerprint density at radius 3 is 2.94 bits per heavy atom. The number of benzene rings is 1. The standard InChI is InChI=1S/C13H20ClNO/c1-3-5-11(2)15-8-9-16-13-7-4-6-12(14)10-13/h4,6-7,10-11,15H,3,5,8-9H2,1-2H3. The van der Waals surface area contributed by atoms with Gasteiger partial charge in [-0.25, -0.2) is 0 Å². The van der Waals surface area contributed by atoms with Crippen molar-refractivity contribution in [3.05, 3.63) is 29.3 Å². The van der Waals surface area contributed by atoms with Crippen molar-refractivity contribution in [2.45, 2.75) is 32.7 Å². The van der Waals surface area contributed by atoms with Crippen LogP contribution < -0.4 is 10.1 Å². The normalized spacial score (nSPS) is 12.4. The van der Waals surface area contributed by atoms with Crippen LogP contribution in [-0.4, -0.2) is 19.2 Å². The molecule has 0 amide bonds. The largest absolute Gasteiger partial charge is 0.492 e. The molecular weight excluding hydrogens is 222 g/mol. The first-order chi connectivity index (χ1) is 7.72. The van der Waals surface area contributed by atoms with Crippen molar-refractivity contribution in [3.63, 3.8) is 0 Å². The van der Waals surface area contributed by atoms with Gasteiger partial charge >= 0.3 is 0 Å². The molecule has 1 unspecified atom stereocenters. The van der Waals surface area contributed by atoms with Crippen LogP contribution in [0.2, 0.25) is 5.02 Å². The van der Waals surface area contributed by atoms with E-state index in [1.165, 1.54) is 12.8 Å². The van der Waals surface area contributed by atoms with Crippen molar-refractivity contribution in [3.8, 4) is 5.75 Å². The Kier molecular flexibility index (Phi) is 6.27. The second-order valence-corrected chi connectivity index (χ2v) is 4.39. The minimum absolute atomic E-state index is 0.563. The van der Waals surface area contributed by atoms with Gasteiger partial charge in [-0.1, -0.05) is 31.0 Å². The molecule has 1 aromatic rings. The molecule has 0 heterocycles. The summed E-state index contributed by atoms with van der Waals surface area (Å²) in [4.78, 5) is 0. The number of hydrogen-bond donors (Lipinski definition) is 1. The van der Waals surface area contributed by atoms with Crippen LogP contribution in [0.5, 0.6) is 5.75 Å². The van der Waals surface area contributed by atoms with E-state index < -0.39 is 0 Å². The van der Waals surface area contributed by atoms with Gasteiger partial charge in [0.05, 0.1) is 0 Å². The van der Waals surface area contributed by atoms with Crippen molar-refractivity contribution in [2.75, 3.05) is 13.2 Å². The molecule has 0 aliphatic heterocycles. The zero-order chi connectivity index (χ0) is 11.8. The van der Waals surface area contributed by atoms with E-state index in [4.69, 9.17) is 16.3 Å². The van der Waals surface area contributed by atoms with Crippen molar-refractivity contribution in [1.29, 1.82) is 0 Å². The summed E-state index contributed by atoms with van der Waals surface area (Å²) in [6.07, 6.45) is 2.42. The maximum atomic E-state index is 5.85. The van der Waals surface area contributed by atoms with E-state index in [1.54, 1.807) is 0 Å². The van der Waals surface area contributed by atoms with Crippen LogP contribution in [0.1, 0.15) is 26.7 Å². The fraction of sp³-hybridized carbons (Fsp3) is 0.538. The summed E-state index contributed by atoms with van der Waals surface area (Å²) >= 11 is 5.85. The average molecular weight is 242 g/mol. The van der Waals surface area contributed by atoms with E-state index in [-0.39, 0.29) is 0 Å². The first-order valence-corrected chi connectivity index (χ1v) is 6.22. The zero-order valence-corrected chi connectivity index (χ0v) is 10.8. The summed E-state index contributed by atoms with van der Waals surface area (Å²) < 4.78 is 5.57. The third-order valence-corrected chi connectivity index (χ3v) is 2.62. The lowest BCUT2D eigenvalue weighted by Crippen LogP contribution is -2.29. The Hall–Kier alpha value is -0.730. The quantitative estimate of drug-likeness (QED) is 0.738. The van der Waals surface area contributed by atoms with Crippen molar-refractivity contribution in [1.82, 2.24) is 5.32 Å². The highest BCUT2D eigenvalue weighted by Crippen LogP contribution is 2.16. The lowest BCUT2D eigenvalue weighted by molar-refractivity contribution is 0.305. The minimum atomic E-state index is 0.563. The van der Waals surface area contributed by atoms with E-state index in [0.29, 0.717) is 17.7 Å². The molecule has 90 valence electrons. The molecule has 1 rings (SSSR count). The molecule has 0 saturated heterocycles. The smallest absolute Gasteiger partial charge is 0.120 e. The van der Waals surface area contributed by atoms with Gasteiger partial charge in [0.15, 0.2) is 0 Å². The molecule has 0 aromatic heterocycles. The van der Waals surface area contributed by atoms with Gasteiger partial charge in [-0.05, 0) is 31.5 Å². The zero-order valence-electron chi connectivity index (χ0n) is 10.0. The third kappa shape index (κ3) is 5.38. The van der Waals surface area contributed by atoms with E-state index in [0.717, 1.165) is 12.3 Å². The van der Waals surface area contributed by atoms with Crippen LogP contribution in [-0.2, 0) is 0 Å². The molecule has 3 heteroatoms. The Labute approximate surface area is 103 Å². The van der Waals surface area contributed by atoms with Crippen molar-refractivity contribution in [2.24, 2.45) is 0 Å². The fourth-order valence-corrected chi connectivity index (χ4v) is 1.75. The Morgan fingerprint density at radius 1 is 1.44 bits per heavy atom. The van der Waals surface area contributed by atoms with Gasteiger partial charge in [0, 0.05) is 17.6 Å². The third-order valence-electron chi connectivity index (χ3n) is 2.38. The fourth-order valence-electron chi connectivity index (χ4n) is 1.57. The molecule has 0 spiro atoms. The molecule has 2 nitrogen and oxygen atoms in total. The molecule has 0 saturated carbocycles. The van der Waals surface area contributed by atoms with E-state index in [9.17, 15) is 0 Å². The highest BCUT2D eigenvalue weighted by Gasteiger charge is 1.99. The van der Waals surface area contributed by atoms with Gasteiger partial charge in [-0.15, -0.1) is 0 Å². The highest BCUT2D eigenvalue weighted by atomic mass is 35.5. The first kappa shape index (κ1) is 13.3. The average Bonchev–Trinajstić information content (AvgIpc) is 2.25. The number of halogens is 1. The predicted octanol–water partition coefficient (Wildman–Crippen LogP) is 3.50. The molecule has 0 fully saturated rings. The second kappa shape index (κ2) is 7.53. The van der Waals surface area contributed by atoms with E-state index in [2.05, 4.69) is 19.2 Å². The van der Waals surface area contributed by atoms with E-state index >= 15 is 0 Å². The minimum Gasteiger partial charge on any atom is -0.492 e. The van der Waals surface area contributed by atoms with Gasteiger partial charge in [0.1, 0.15) is 12.4 Å². The van der Waals surface area contributed by atoms with E-state index in [1.807, 2.05) is 24.3 Å². The van der Waals surface area contributed by atoms with Crippen molar-refractivity contribution >= 4 is 11.6 Å². The monoisotopic (exact) mass is 241 g/mol. The summed E-state index contributed by atoms with van der Waals surface area (Å²) in [5, 5.41) is 4.12. The topological polar surface area (TPSA) is 21.3 Å². The first-order valence-electron chi connectivity index (χ1n) is 5.84. The molecule has 16 heavy (non-hydrogen) atoms. The molecule has 1 atom stereocenters. The second-order valence-electron chi connectivity index (χ2n) is 3.95. The number of nitrogens with one attached hydrogen (secondary N) is 1. The summed E-state index contributed by atoms with van der Waals surface area (Å²) in [6.45, 7) is 5.94. The van der Waals surface area contributed by atoms with Gasteiger partial charge in [0.2, 0.25) is 0 Å². The van der Waals surface area contributed by atoms with Crippen molar-refractivity contribution < 1.29 is 4.74 Å². The molecule has 0 bridgehead atoms. The Balaban J connectivity index is 2.16. The molecule has 1 N–H and O–H groups in total. The van der Waals surface area contributed by atoms with Gasteiger partial charge in [-0.2, -0.15) is 0 Å². The molecule has 1 aromatic carbocycles. The summed E-state index contributed by atoms with van der Waals surface area (Å²) in [6, 6.07) is 8.05. The van der Waals surface area contributed by atoms with Crippen LogP contribution in [0.15, 0.2) is 24.3 Å².